The summed E-state index contributed by atoms with van der Waals surface area (Å²) in [5.74, 6) is -0.604. The van der Waals surface area contributed by atoms with Crippen molar-refractivity contribution in [3.05, 3.63) is 0 Å². The minimum Gasteiger partial charge on any atom is -0.481 e. The number of aliphatic carboxylic acids is 1. The van der Waals surface area contributed by atoms with E-state index in [0.29, 0.717) is 13.0 Å². The molecule has 1 fully saturated rings. The zero-order valence-corrected chi connectivity index (χ0v) is 11.5. The zero-order chi connectivity index (χ0) is 13.7. The molecule has 0 aromatic rings. The van der Waals surface area contributed by atoms with Gasteiger partial charge in [0.05, 0.1) is 5.92 Å². The van der Waals surface area contributed by atoms with Crippen molar-refractivity contribution in [1.82, 2.24) is 10.2 Å². The van der Waals surface area contributed by atoms with Crippen LogP contribution in [0.3, 0.4) is 0 Å². The lowest BCUT2D eigenvalue weighted by Crippen LogP contribution is -2.44. The van der Waals surface area contributed by atoms with Gasteiger partial charge < -0.3 is 15.3 Å². The largest absolute Gasteiger partial charge is 0.481 e. The van der Waals surface area contributed by atoms with Crippen LogP contribution < -0.4 is 5.32 Å². The fraction of sp³-hybridized carbons (Fsp3) is 0.846. The van der Waals surface area contributed by atoms with Crippen LogP contribution in [0.2, 0.25) is 0 Å². The minimum absolute atomic E-state index is 0.0391. The van der Waals surface area contributed by atoms with E-state index in [2.05, 4.69) is 5.32 Å². The summed E-state index contributed by atoms with van der Waals surface area (Å²) >= 11 is 0. The van der Waals surface area contributed by atoms with E-state index in [4.69, 9.17) is 5.11 Å². The normalized spacial score (nSPS) is 23.3. The summed E-state index contributed by atoms with van der Waals surface area (Å²) in [5.41, 5.74) is 0. The van der Waals surface area contributed by atoms with Crippen LogP contribution in [0.15, 0.2) is 0 Å². The summed E-state index contributed by atoms with van der Waals surface area (Å²) < 4.78 is 0. The third kappa shape index (κ3) is 3.98. The Bertz CT molecular complexity index is 305. The predicted molar refractivity (Wildman–Crippen MR) is 69.3 cm³/mol. The van der Waals surface area contributed by atoms with Crippen LogP contribution in [0.4, 0.5) is 0 Å². The summed E-state index contributed by atoms with van der Waals surface area (Å²) in [6.45, 7) is 7.41. The number of carboxylic acid groups (broad SMARTS) is 1. The fourth-order valence-electron chi connectivity index (χ4n) is 2.43. The molecule has 5 heteroatoms. The van der Waals surface area contributed by atoms with E-state index >= 15 is 0 Å². The highest BCUT2D eigenvalue weighted by Crippen LogP contribution is 2.19. The number of carbonyl (C=O) groups excluding carboxylic acids is 1. The van der Waals surface area contributed by atoms with Gasteiger partial charge in [-0.2, -0.15) is 0 Å². The van der Waals surface area contributed by atoms with Gasteiger partial charge in [-0.25, -0.2) is 0 Å². The molecule has 5 nitrogen and oxygen atoms in total. The molecule has 104 valence electrons. The molecular weight excluding hydrogens is 232 g/mol. The Morgan fingerprint density at radius 3 is 2.56 bits per heavy atom. The minimum atomic E-state index is -0.804. The average Bonchev–Trinajstić information content (AvgIpc) is 2.69. The number of carbonyl (C=O) groups is 2. The van der Waals surface area contributed by atoms with Crippen molar-refractivity contribution in [3.8, 4) is 0 Å². The van der Waals surface area contributed by atoms with Gasteiger partial charge in [0.25, 0.3) is 0 Å². The van der Waals surface area contributed by atoms with Crippen molar-refractivity contribution >= 4 is 11.9 Å². The van der Waals surface area contributed by atoms with Crippen molar-refractivity contribution in [2.45, 2.75) is 52.1 Å². The summed E-state index contributed by atoms with van der Waals surface area (Å²) in [7, 11) is 0. The maximum Gasteiger partial charge on any atom is 0.303 e. The molecule has 2 unspecified atom stereocenters. The smallest absolute Gasteiger partial charge is 0.303 e. The van der Waals surface area contributed by atoms with Crippen LogP contribution in [0.25, 0.3) is 0 Å². The third-order valence-electron chi connectivity index (χ3n) is 3.54. The van der Waals surface area contributed by atoms with Crippen molar-refractivity contribution in [2.75, 3.05) is 13.1 Å². The molecule has 1 aliphatic rings. The van der Waals surface area contributed by atoms with Crippen molar-refractivity contribution in [1.29, 1.82) is 0 Å². The van der Waals surface area contributed by atoms with Gasteiger partial charge >= 0.3 is 5.97 Å². The number of hydrogen-bond donors (Lipinski definition) is 2. The fourth-order valence-corrected chi connectivity index (χ4v) is 2.43. The van der Waals surface area contributed by atoms with Gasteiger partial charge in [-0.05, 0) is 40.2 Å². The lowest BCUT2D eigenvalue weighted by molar-refractivity contribution is -0.140. The number of hydrogen-bond acceptors (Lipinski definition) is 3. The van der Waals surface area contributed by atoms with Crippen LogP contribution in [-0.4, -0.2) is 47.1 Å². The number of nitrogens with one attached hydrogen (secondary N) is 1. The quantitative estimate of drug-likeness (QED) is 0.746. The lowest BCUT2D eigenvalue weighted by atomic mass is 9.99. The van der Waals surface area contributed by atoms with Gasteiger partial charge in [0.2, 0.25) is 5.91 Å². The number of carboxylic acids is 1. The molecule has 0 aromatic carbocycles. The summed E-state index contributed by atoms with van der Waals surface area (Å²) in [4.78, 5) is 24.7. The summed E-state index contributed by atoms with van der Waals surface area (Å²) in [6.07, 6.45) is 1.52. The zero-order valence-electron chi connectivity index (χ0n) is 11.5. The van der Waals surface area contributed by atoms with Gasteiger partial charge in [-0.1, -0.05) is 0 Å². The van der Waals surface area contributed by atoms with Crippen LogP contribution in [0.1, 0.15) is 40.0 Å². The van der Waals surface area contributed by atoms with Gasteiger partial charge in [0.1, 0.15) is 0 Å². The Balaban J connectivity index is 2.55. The lowest BCUT2D eigenvalue weighted by Gasteiger charge is -2.30. The Morgan fingerprint density at radius 1 is 1.44 bits per heavy atom. The van der Waals surface area contributed by atoms with Crippen LogP contribution >= 0.6 is 0 Å². The van der Waals surface area contributed by atoms with Crippen LogP contribution in [0.5, 0.6) is 0 Å². The van der Waals surface area contributed by atoms with E-state index in [1.807, 2.05) is 25.7 Å². The second kappa shape index (κ2) is 6.73. The monoisotopic (exact) mass is 256 g/mol. The van der Waals surface area contributed by atoms with E-state index in [1.165, 1.54) is 0 Å². The van der Waals surface area contributed by atoms with Gasteiger partial charge in [0.15, 0.2) is 0 Å². The van der Waals surface area contributed by atoms with E-state index < -0.39 is 5.97 Å². The molecule has 0 saturated carbocycles. The molecule has 0 aromatic heterocycles. The average molecular weight is 256 g/mol. The molecule has 18 heavy (non-hydrogen) atoms. The number of nitrogens with zero attached hydrogens (tertiary/aromatic N) is 1. The molecule has 0 bridgehead atoms. The first-order chi connectivity index (χ1) is 8.43. The molecular formula is C13H24N2O3. The van der Waals surface area contributed by atoms with E-state index in [1.54, 1.807) is 0 Å². The third-order valence-corrected chi connectivity index (χ3v) is 3.54. The standard InChI is InChI=1S/C13H24N2O3/c1-9(2)15(8-4-5-12(16)17)13(18)11-6-7-14-10(11)3/h9-11,14H,4-8H2,1-3H3,(H,16,17). The Morgan fingerprint density at radius 2 is 2.11 bits per heavy atom. The van der Waals surface area contributed by atoms with Gasteiger partial charge in [0, 0.05) is 25.0 Å². The summed E-state index contributed by atoms with van der Waals surface area (Å²) in [6, 6.07) is 0.345. The van der Waals surface area contributed by atoms with E-state index in [9.17, 15) is 9.59 Å². The molecule has 1 aliphatic heterocycles. The molecule has 1 saturated heterocycles. The first-order valence-electron chi connectivity index (χ1n) is 6.69. The Labute approximate surface area is 109 Å². The van der Waals surface area contributed by atoms with Crippen molar-refractivity contribution in [3.63, 3.8) is 0 Å². The molecule has 1 heterocycles. The highest BCUT2D eigenvalue weighted by molar-refractivity contribution is 5.80. The molecule has 0 spiro atoms. The number of rotatable bonds is 6. The maximum atomic E-state index is 12.4. The highest BCUT2D eigenvalue weighted by atomic mass is 16.4. The van der Waals surface area contributed by atoms with Gasteiger partial charge in [-0.15, -0.1) is 0 Å². The molecule has 2 atom stereocenters. The van der Waals surface area contributed by atoms with Crippen LogP contribution in [0, 0.1) is 5.92 Å². The second-order valence-electron chi connectivity index (χ2n) is 5.26. The molecule has 1 amide bonds. The Hall–Kier alpha value is -1.10. The molecule has 2 N–H and O–H groups in total. The summed E-state index contributed by atoms with van der Waals surface area (Å²) in [5, 5.41) is 11.9. The SMILES string of the molecule is CC1NCCC1C(=O)N(CCCC(=O)O)C(C)C. The first-order valence-corrected chi connectivity index (χ1v) is 6.69. The molecule has 1 rings (SSSR count). The van der Waals surface area contributed by atoms with Crippen molar-refractivity contribution in [2.24, 2.45) is 5.92 Å². The second-order valence-corrected chi connectivity index (χ2v) is 5.26. The van der Waals surface area contributed by atoms with Gasteiger partial charge in [-0.3, -0.25) is 9.59 Å². The van der Waals surface area contributed by atoms with Crippen molar-refractivity contribution < 1.29 is 14.7 Å². The van der Waals surface area contributed by atoms with E-state index in [-0.39, 0.29) is 30.3 Å². The Kier molecular flexibility index (Phi) is 5.59. The topological polar surface area (TPSA) is 69.6 Å². The first kappa shape index (κ1) is 15.0. The van der Waals surface area contributed by atoms with E-state index in [0.717, 1.165) is 13.0 Å². The molecule has 0 aliphatic carbocycles. The maximum absolute atomic E-state index is 12.4. The molecule has 0 radical (unpaired) electrons. The highest BCUT2D eigenvalue weighted by Gasteiger charge is 2.33. The number of amides is 1. The predicted octanol–water partition coefficient (Wildman–Crippen LogP) is 1.09. The van der Waals surface area contributed by atoms with Crippen LogP contribution in [-0.2, 0) is 9.59 Å².